The molecule has 0 aromatic heterocycles. The van der Waals surface area contributed by atoms with Crippen molar-refractivity contribution >= 4 is 13.7 Å². The molecule has 0 aliphatic heterocycles. The summed E-state index contributed by atoms with van der Waals surface area (Å²) >= 11 is 0. The summed E-state index contributed by atoms with van der Waals surface area (Å²) in [4.78, 5) is 10.0. The molecule has 60 valence electrons. The molecule has 0 bridgehead atoms. The maximum Gasteiger partial charge on any atom is 0.209 e. The number of hydrogen-bond donors (Lipinski definition) is 0. The minimum Gasteiger partial charge on any atom is -0.328 e. The monoisotopic (exact) mass is 164 g/mol. The quantitative estimate of drug-likeness (QED) is 0.457. The van der Waals surface area contributed by atoms with Crippen LogP contribution in [-0.2, 0) is 13.9 Å². The fourth-order valence-corrected chi connectivity index (χ4v) is 1.87. The van der Waals surface area contributed by atoms with E-state index in [4.69, 9.17) is 4.52 Å². The summed E-state index contributed by atoms with van der Waals surface area (Å²) in [6, 6.07) is 0. The van der Waals surface area contributed by atoms with Gasteiger partial charge < -0.3 is 9.32 Å². The lowest BCUT2D eigenvalue weighted by Gasteiger charge is -2.11. The zero-order valence-electron chi connectivity index (χ0n) is 6.37. The summed E-state index contributed by atoms with van der Waals surface area (Å²) in [7, 11) is -2.57. The third kappa shape index (κ3) is 3.14. The van der Waals surface area contributed by atoms with Crippen molar-refractivity contribution in [3.05, 3.63) is 0 Å². The Hall–Kier alpha value is -0.140. The van der Waals surface area contributed by atoms with Crippen LogP contribution in [0, 0.1) is 0 Å². The van der Waals surface area contributed by atoms with Gasteiger partial charge in [-0.1, -0.05) is 6.92 Å². The first-order valence-corrected chi connectivity index (χ1v) is 5.34. The molecule has 0 saturated heterocycles. The maximum atomic E-state index is 11.3. The molecule has 3 nitrogen and oxygen atoms in total. The summed E-state index contributed by atoms with van der Waals surface area (Å²) < 4.78 is 16.3. The van der Waals surface area contributed by atoms with E-state index in [0.717, 1.165) is 0 Å². The first kappa shape index (κ1) is 9.86. The number of hydrogen-bond acceptors (Lipinski definition) is 3. The predicted molar refractivity (Wildman–Crippen MR) is 40.7 cm³/mol. The van der Waals surface area contributed by atoms with Crippen molar-refractivity contribution in [1.82, 2.24) is 0 Å². The molecular formula is C6H13O3P. The van der Waals surface area contributed by atoms with Gasteiger partial charge in [-0.25, -0.2) is 0 Å². The molecule has 0 rings (SSSR count). The normalized spacial score (nSPS) is 16.2. The van der Waals surface area contributed by atoms with Crippen molar-refractivity contribution in [2.45, 2.75) is 13.8 Å². The standard InChI is InChI=1S/C6H13O3P/c1-3-9-10(8,4-2)6-5-7/h5H,3-4,6H2,1-2H3. The lowest BCUT2D eigenvalue weighted by Crippen LogP contribution is -1.98. The number of carbonyl (C=O) groups excluding carboxylic acids is 1. The molecule has 0 aliphatic rings. The predicted octanol–water partition coefficient (Wildman–Crippen LogP) is 1.52. The van der Waals surface area contributed by atoms with Crippen LogP contribution < -0.4 is 0 Å². The van der Waals surface area contributed by atoms with E-state index in [-0.39, 0.29) is 6.16 Å². The third-order valence-corrected chi connectivity index (χ3v) is 3.60. The van der Waals surface area contributed by atoms with E-state index in [1.165, 1.54) is 0 Å². The van der Waals surface area contributed by atoms with Gasteiger partial charge in [-0.2, -0.15) is 0 Å². The van der Waals surface area contributed by atoms with Crippen LogP contribution in [0.25, 0.3) is 0 Å². The van der Waals surface area contributed by atoms with Crippen LogP contribution >= 0.6 is 7.37 Å². The minimum absolute atomic E-state index is 0.0529. The first-order chi connectivity index (χ1) is 4.68. The fraction of sp³-hybridized carbons (Fsp3) is 0.833. The summed E-state index contributed by atoms with van der Waals surface area (Å²) in [5.74, 6) is 0. The molecule has 1 atom stereocenters. The van der Waals surface area contributed by atoms with Gasteiger partial charge in [0.2, 0.25) is 7.37 Å². The Kier molecular flexibility index (Phi) is 4.58. The molecule has 0 aromatic rings. The second-order valence-corrected chi connectivity index (χ2v) is 4.78. The van der Waals surface area contributed by atoms with Crippen molar-refractivity contribution in [2.75, 3.05) is 18.9 Å². The molecule has 0 radical (unpaired) electrons. The van der Waals surface area contributed by atoms with Gasteiger partial charge in [0.05, 0.1) is 12.8 Å². The highest BCUT2D eigenvalue weighted by Crippen LogP contribution is 2.44. The smallest absolute Gasteiger partial charge is 0.209 e. The van der Waals surface area contributed by atoms with Crippen molar-refractivity contribution in [3.63, 3.8) is 0 Å². The Bertz CT molecular complexity index is 144. The molecule has 0 spiro atoms. The van der Waals surface area contributed by atoms with E-state index in [1.54, 1.807) is 13.8 Å². The highest BCUT2D eigenvalue weighted by molar-refractivity contribution is 7.59. The summed E-state index contributed by atoms with van der Waals surface area (Å²) in [5.41, 5.74) is 0. The topological polar surface area (TPSA) is 43.4 Å². The Morgan fingerprint density at radius 3 is 2.40 bits per heavy atom. The summed E-state index contributed by atoms with van der Waals surface area (Å²) in [6.45, 7) is 3.95. The van der Waals surface area contributed by atoms with E-state index in [9.17, 15) is 9.36 Å². The number of carbonyl (C=O) groups is 1. The third-order valence-electron chi connectivity index (χ3n) is 1.20. The van der Waals surface area contributed by atoms with Crippen LogP contribution in [0.2, 0.25) is 0 Å². The fourth-order valence-electron chi connectivity index (χ4n) is 0.622. The molecule has 0 amide bonds. The van der Waals surface area contributed by atoms with Gasteiger partial charge >= 0.3 is 0 Å². The minimum atomic E-state index is -2.57. The zero-order chi connectivity index (χ0) is 8.04. The average molecular weight is 164 g/mol. The molecule has 0 fully saturated rings. The van der Waals surface area contributed by atoms with Crippen molar-refractivity contribution in [1.29, 1.82) is 0 Å². The van der Waals surface area contributed by atoms with E-state index in [0.29, 0.717) is 19.1 Å². The Labute approximate surface area is 61.2 Å². The van der Waals surface area contributed by atoms with Gasteiger partial charge in [-0.3, -0.25) is 4.57 Å². The van der Waals surface area contributed by atoms with Crippen LogP contribution in [0.5, 0.6) is 0 Å². The SMILES string of the molecule is CCOP(=O)(CC)CC=O. The number of rotatable bonds is 5. The molecule has 0 saturated carbocycles. The van der Waals surface area contributed by atoms with Crippen molar-refractivity contribution in [2.24, 2.45) is 0 Å². The second-order valence-electron chi connectivity index (χ2n) is 1.90. The molecule has 1 unspecified atom stereocenters. The van der Waals surface area contributed by atoms with Crippen LogP contribution in [0.4, 0.5) is 0 Å². The Morgan fingerprint density at radius 1 is 1.50 bits per heavy atom. The number of aldehydes is 1. The Balaban J connectivity index is 3.94. The van der Waals surface area contributed by atoms with Crippen molar-refractivity contribution < 1.29 is 13.9 Å². The highest BCUT2D eigenvalue weighted by atomic mass is 31.2. The van der Waals surface area contributed by atoms with Gasteiger partial charge in [0.25, 0.3) is 0 Å². The largest absolute Gasteiger partial charge is 0.328 e. The van der Waals surface area contributed by atoms with Gasteiger partial charge in [0, 0.05) is 6.16 Å². The molecular weight excluding hydrogens is 151 g/mol. The lowest BCUT2D eigenvalue weighted by atomic mass is 10.9. The summed E-state index contributed by atoms with van der Waals surface area (Å²) in [5, 5.41) is 0. The molecule has 0 aliphatic carbocycles. The molecule has 0 aromatic carbocycles. The highest BCUT2D eigenvalue weighted by Gasteiger charge is 2.18. The van der Waals surface area contributed by atoms with Crippen LogP contribution in [0.1, 0.15) is 13.8 Å². The maximum absolute atomic E-state index is 11.3. The first-order valence-electron chi connectivity index (χ1n) is 3.34. The van der Waals surface area contributed by atoms with E-state index in [2.05, 4.69) is 0 Å². The van der Waals surface area contributed by atoms with Crippen LogP contribution in [0.15, 0.2) is 0 Å². The summed E-state index contributed by atoms with van der Waals surface area (Å²) in [6.07, 6.45) is 1.15. The molecule has 0 N–H and O–H groups in total. The zero-order valence-corrected chi connectivity index (χ0v) is 7.27. The van der Waals surface area contributed by atoms with Crippen LogP contribution in [-0.4, -0.2) is 25.2 Å². The van der Waals surface area contributed by atoms with E-state index < -0.39 is 7.37 Å². The molecule has 4 heteroatoms. The van der Waals surface area contributed by atoms with Gasteiger partial charge in [0.15, 0.2) is 0 Å². The molecule has 0 heterocycles. The Morgan fingerprint density at radius 2 is 2.10 bits per heavy atom. The van der Waals surface area contributed by atoms with Crippen molar-refractivity contribution in [3.8, 4) is 0 Å². The molecule has 10 heavy (non-hydrogen) atoms. The van der Waals surface area contributed by atoms with Gasteiger partial charge in [-0.15, -0.1) is 0 Å². The second kappa shape index (κ2) is 4.64. The average Bonchev–Trinajstić information content (AvgIpc) is 1.89. The van der Waals surface area contributed by atoms with Gasteiger partial charge in [-0.05, 0) is 6.92 Å². The van der Waals surface area contributed by atoms with Crippen LogP contribution in [0.3, 0.4) is 0 Å². The lowest BCUT2D eigenvalue weighted by molar-refractivity contribution is -0.105. The van der Waals surface area contributed by atoms with E-state index in [1.807, 2.05) is 0 Å². The van der Waals surface area contributed by atoms with Gasteiger partial charge in [0.1, 0.15) is 6.29 Å². The van der Waals surface area contributed by atoms with E-state index >= 15 is 0 Å².